The number of sulfonamides is 1. The van der Waals surface area contributed by atoms with Crippen LogP contribution >= 0.6 is 0 Å². The highest BCUT2D eigenvalue weighted by atomic mass is 32.2. The first kappa shape index (κ1) is 10.5. The molecular weight excluding hydrogens is 210 g/mol. The maximum Gasteiger partial charge on any atom is 0.235 e. The fourth-order valence-electron chi connectivity index (χ4n) is 1.90. The molecule has 1 aliphatic heterocycles. The minimum absolute atomic E-state index is 0.279. The van der Waals surface area contributed by atoms with Gasteiger partial charge in [0.15, 0.2) is 0 Å². The van der Waals surface area contributed by atoms with E-state index in [1.807, 2.05) is 31.2 Å². The Bertz CT molecular complexity index is 453. The maximum absolute atomic E-state index is 11.9. The Labute approximate surface area is 90.8 Å². The van der Waals surface area contributed by atoms with Crippen molar-refractivity contribution in [3.05, 3.63) is 29.8 Å². The van der Waals surface area contributed by atoms with Crippen molar-refractivity contribution in [1.82, 2.24) is 0 Å². The third-order valence-electron chi connectivity index (χ3n) is 2.73. The third-order valence-corrected chi connectivity index (χ3v) is 4.59. The summed E-state index contributed by atoms with van der Waals surface area (Å²) >= 11 is 0. The molecule has 0 radical (unpaired) electrons. The zero-order valence-corrected chi connectivity index (χ0v) is 9.63. The van der Waals surface area contributed by atoms with Gasteiger partial charge in [-0.25, -0.2) is 8.42 Å². The lowest BCUT2D eigenvalue weighted by Crippen LogP contribution is -2.38. The van der Waals surface area contributed by atoms with E-state index in [9.17, 15) is 8.42 Å². The second kappa shape index (κ2) is 3.85. The number of para-hydroxylation sites is 1. The predicted molar refractivity (Wildman–Crippen MR) is 61.5 cm³/mol. The lowest BCUT2D eigenvalue weighted by atomic mass is 10.2. The van der Waals surface area contributed by atoms with Gasteiger partial charge < -0.3 is 0 Å². The molecule has 1 saturated heterocycles. The Morgan fingerprint density at radius 1 is 1.20 bits per heavy atom. The van der Waals surface area contributed by atoms with E-state index in [-0.39, 0.29) is 5.75 Å². The van der Waals surface area contributed by atoms with Crippen LogP contribution in [0.4, 0.5) is 5.69 Å². The van der Waals surface area contributed by atoms with E-state index in [4.69, 9.17) is 0 Å². The van der Waals surface area contributed by atoms with Crippen LogP contribution < -0.4 is 4.31 Å². The molecule has 4 heteroatoms. The van der Waals surface area contributed by atoms with Crippen LogP contribution in [-0.2, 0) is 10.0 Å². The Morgan fingerprint density at radius 2 is 1.93 bits per heavy atom. The number of rotatable bonds is 1. The number of nitrogens with zero attached hydrogens (tertiary/aromatic N) is 1. The number of anilines is 1. The molecule has 0 aliphatic carbocycles. The molecule has 1 aromatic carbocycles. The van der Waals surface area contributed by atoms with Crippen molar-refractivity contribution in [3.63, 3.8) is 0 Å². The minimum atomic E-state index is -3.07. The molecule has 0 aromatic heterocycles. The molecule has 2 rings (SSSR count). The molecule has 0 unspecified atom stereocenters. The van der Waals surface area contributed by atoms with Crippen LogP contribution in [0.3, 0.4) is 0 Å². The zero-order valence-electron chi connectivity index (χ0n) is 8.81. The summed E-state index contributed by atoms with van der Waals surface area (Å²) in [6, 6.07) is 7.62. The van der Waals surface area contributed by atoms with Crippen LogP contribution in [0.15, 0.2) is 24.3 Å². The summed E-state index contributed by atoms with van der Waals surface area (Å²) in [5, 5.41) is 0. The Kier molecular flexibility index (Phi) is 2.69. The van der Waals surface area contributed by atoms with Gasteiger partial charge in [0.2, 0.25) is 10.0 Å². The second-order valence-electron chi connectivity index (χ2n) is 3.88. The smallest absolute Gasteiger partial charge is 0.235 e. The van der Waals surface area contributed by atoms with Gasteiger partial charge in [-0.05, 0) is 31.4 Å². The highest BCUT2D eigenvalue weighted by Crippen LogP contribution is 2.26. The Balaban J connectivity index is 2.42. The lowest BCUT2D eigenvalue weighted by Gasteiger charge is -2.29. The van der Waals surface area contributed by atoms with Gasteiger partial charge in [0.1, 0.15) is 0 Å². The lowest BCUT2D eigenvalue weighted by molar-refractivity contribution is 0.574. The summed E-state index contributed by atoms with van der Waals surface area (Å²) in [6.07, 6.45) is 1.73. The number of hydrogen-bond donors (Lipinski definition) is 0. The van der Waals surface area contributed by atoms with Crippen LogP contribution in [0.2, 0.25) is 0 Å². The molecule has 15 heavy (non-hydrogen) atoms. The SMILES string of the molecule is Cc1ccccc1N1CCCCS1(=O)=O. The fraction of sp³-hybridized carbons (Fsp3) is 0.455. The van der Waals surface area contributed by atoms with Crippen molar-refractivity contribution in [2.24, 2.45) is 0 Å². The molecule has 82 valence electrons. The van der Waals surface area contributed by atoms with E-state index in [1.165, 1.54) is 0 Å². The molecule has 0 amide bonds. The molecule has 1 heterocycles. The molecule has 1 aliphatic rings. The van der Waals surface area contributed by atoms with Gasteiger partial charge >= 0.3 is 0 Å². The van der Waals surface area contributed by atoms with Crippen LogP contribution in [0.5, 0.6) is 0 Å². The van der Waals surface area contributed by atoms with Gasteiger partial charge in [-0.2, -0.15) is 0 Å². The molecule has 0 N–H and O–H groups in total. The van der Waals surface area contributed by atoms with Crippen molar-refractivity contribution < 1.29 is 8.42 Å². The Morgan fingerprint density at radius 3 is 2.60 bits per heavy atom. The number of benzene rings is 1. The first-order valence-electron chi connectivity index (χ1n) is 5.17. The predicted octanol–water partition coefficient (Wildman–Crippen LogP) is 1.93. The fourth-order valence-corrected chi connectivity index (χ4v) is 3.60. The second-order valence-corrected chi connectivity index (χ2v) is 5.89. The molecule has 0 bridgehead atoms. The molecule has 0 spiro atoms. The van der Waals surface area contributed by atoms with Gasteiger partial charge in [-0.1, -0.05) is 18.2 Å². The molecule has 1 fully saturated rings. The van der Waals surface area contributed by atoms with E-state index >= 15 is 0 Å². The number of aryl methyl sites for hydroxylation is 1. The van der Waals surface area contributed by atoms with Crippen molar-refractivity contribution in [1.29, 1.82) is 0 Å². The summed E-state index contributed by atoms with van der Waals surface area (Å²) < 4.78 is 25.3. The summed E-state index contributed by atoms with van der Waals surface area (Å²) in [5.74, 6) is 0.279. The maximum atomic E-state index is 11.9. The van der Waals surface area contributed by atoms with E-state index < -0.39 is 10.0 Å². The highest BCUT2D eigenvalue weighted by Gasteiger charge is 2.26. The molecule has 0 atom stereocenters. The summed E-state index contributed by atoms with van der Waals surface area (Å²) in [5.41, 5.74) is 1.85. The molecule has 1 aromatic rings. The summed E-state index contributed by atoms with van der Waals surface area (Å²) in [4.78, 5) is 0. The van der Waals surface area contributed by atoms with E-state index in [0.717, 1.165) is 24.1 Å². The number of hydrogen-bond acceptors (Lipinski definition) is 2. The van der Waals surface area contributed by atoms with Crippen LogP contribution in [0.25, 0.3) is 0 Å². The van der Waals surface area contributed by atoms with Crippen molar-refractivity contribution in [3.8, 4) is 0 Å². The van der Waals surface area contributed by atoms with Crippen LogP contribution in [0, 0.1) is 6.92 Å². The van der Waals surface area contributed by atoms with E-state index in [1.54, 1.807) is 4.31 Å². The van der Waals surface area contributed by atoms with Gasteiger partial charge in [0.05, 0.1) is 11.4 Å². The van der Waals surface area contributed by atoms with E-state index in [2.05, 4.69) is 0 Å². The summed E-state index contributed by atoms with van der Waals surface area (Å²) in [6.45, 7) is 2.56. The third kappa shape index (κ3) is 2.00. The summed E-state index contributed by atoms with van der Waals surface area (Å²) in [7, 11) is -3.07. The largest absolute Gasteiger partial charge is 0.270 e. The minimum Gasteiger partial charge on any atom is -0.270 e. The zero-order chi connectivity index (χ0) is 10.9. The highest BCUT2D eigenvalue weighted by molar-refractivity contribution is 7.92. The van der Waals surface area contributed by atoms with Gasteiger partial charge in [-0.15, -0.1) is 0 Å². The van der Waals surface area contributed by atoms with E-state index in [0.29, 0.717) is 6.54 Å². The molecule has 0 saturated carbocycles. The molecule has 3 nitrogen and oxygen atoms in total. The van der Waals surface area contributed by atoms with Gasteiger partial charge in [0, 0.05) is 6.54 Å². The average Bonchev–Trinajstić information content (AvgIpc) is 2.19. The molecular formula is C11H15NO2S. The standard InChI is InChI=1S/C11H15NO2S/c1-10-6-2-3-7-11(10)12-8-4-5-9-15(12,13)14/h2-3,6-7H,4-5,8-9H2,1H3. The van der Waals surface area contributed by atoms with Crippen LogP contribution in [-0.4, -0.2) is 20.7 Å². The topological polar surface area (TPSA) is 37.4 Å². The van der Waals surface area contributed by atoms with Crippen molar-refractivity contribution >= 4 is 15.7 Å². The normalized spacial score (nSPS) is 20.2. The van der Waals surface area contributed by atoms with Crippen LogP contribution in [0.1, 0.15) is 18.4 Å². The van der Waals surface area contributed by atoms with Gasteiger partial charge in [-0.3, -0.25) is 4.31 Å². The van der Waals surface area contributed by atoms with Crippen molar-refractivity contribution in [2.45, 2.75) is 19.8 Å². The van der Waals surface area contributed by atoms with Gasteiger partial charge in [0.25, 0.3) is 0 Å². The first-order valence-corrected chi connectivity index (χ1v) is 6.78. The first-order chi connectivity index (χ1) is 7.11. The Hall–Kier alpha value is -1.03. The quantitative estimate of drug-likeness (QED) is 0.732. The monoisotopic (exact) mass is 225 g/mol. The average molecular weight is 225 g/mol. The van der Waals surface area contributed by atoms with Crippen molar-refractivity contribution in [2.75, 3.05) is 16.6 Å².